The number of nitrogens with zero attached hydrogens (tertiary/aromatic N) is 2. The Bertz CT molecular complexity index is 975. The van der Waals surface area contributed by atoms with E-state index in [4.69, 9.17) is 11.6 Å². The summed E-state index contributed by atoms with van der Waals surface area (Å²) in [5.41, 5.74) is 2.27. The number of carbonyl (C=O) groups is 1. The Kier molecular flexibility index (Phi) is 4.78. The van der Waals surface area contributed by atoms with Crippen molar-refractivity contribution in [3.8, 4) is 0 Å². The first-order chi connectivity index (χ1) is 11.9. The Morgan fingerprint density at radius 2 is 2.16 bits per heavy atom. The minimum atomic E-state index is -0.482. The van der Waals surface area contributed by atoms with E-state index in [1.165, 1.54) is 35.6 Å². The third-order valence-corrected chi connectivity index (χ3v) is 4.87. The molecule has 0 aliphatic carbocycles. The SMILES string of the molecule is Cc1ccc(Cl)c2sc(NC(=O)/C=C/c3cccc([N+](=O)[O-])c3)nc12. The van der Waals surface area contributed by atoms with Crippen LogP contribution in [0.25, 0.3) is 16.3 Å². The Hall–Kier alpha value is -2.77. The largest absolute Gasteiger partial charge is 0.298 e. The summed E-state index contributed by atoms with van der Waals surface area (Å²) < 4.78 is 0.819. The van der Waals surface area contributed by atoms with E-state index in [2.05, 4.69) is 10.3 Å². The number of halogens is 1. The van der Waals surface area contributed by atoms with Crippen LogP contribution in [0.1, 0.15) is 11.1 Å². The maximum atomic E-state index is 12.1. The van der Waals surface area contributed by atoms with E-state index in [0.717, 1.165) is 15.8 Å². The summed E-state index contributed by atoms with van der Waals surface area (Å²) in [6.07, 6.45) is 2.81. The van der Waals surface area contributed by atoms with Gasteiger partial charge in [0.2, 0.25) is 5.91 Å². The number of non-ortho nitro benzene ring substituents is 1. The van der Waals surface area contributed by atoms with Gasteiger partial charge in [0.25, 0.3) is 5.69 Å². The van der Waals surface area contributed by atoms with Crippen molar-refractivity contribution in [2.75, 3.05) is 5.32 Å². The fraction of sp³-hybridized carbons (Fsp3) is 0.0588. The average Bonchev–Trinajstić information content (AvgIpc) is 3.01. The van der Waals surface area contributed by atoms with E-state index in [1.54, 1.807) is 18.2 Å². The molecule has 0 saturated heterocycles. The molecule has 0 fully saturated rings. The summed E-state index contributed by atoms with van der Waals surface area (Å²) >= 11 is 7.45. The van der Waals surface area contributed by atoms with Crippen LogP contribution in [-0.2, 0) is 4.79 Å². The van der Waals surface area contributed by atoms with Crippen LogP contribution in [0.2, 0.25) is 5.02 Å². The number of nitrogens with one attached hydrogen (secondary N) is 1. The molecule has 0 saturated carbocycles. The highest BCUT2D eigenvalue weighted by Crippen LogP contribution is 2.33. The minimum absolute atomic E-state index is 0.0288. The zero-order chi connectivity index (χ0) is 18.0. The molecule has 3 rings (SSSR count). The highest BCUT2D eigenvalue weighted by Gasteiger charge is 2.11. The number of aromatic nitrogens is 1. The minimum Gasteiger partial charge on any atom is -0.298 e. The predicted octanol–water partition coefficient (Wildman–Crippen LogP) is 4.82. The Morgan fingerprint density at radius 1 is 1.36 bits per heavy atom. The first-order valence-corrected chi connectivity index (χ1v) is 8.42. The molecule has 1 amide bonds. The number of hydrogen-bond donors (Lipinski definition) is 1. The summed E-state index contributed by atoms with van der Waals surface area (Å²) in [5, 5.41) is 14.5. The number of anilines is 1. The fourth-order valence-electron chi connectivity index (χ4n) is 2.22. The smallest absolute Gasteiger partial charge is 0.270 e. The monoisotopic (exact) mass is 373 g/mol. The number of carbonyl (C=O) groups excluding carboxylic acids is 1. The Labute approximate surface area is 151 Å². The predicted molar refractivity (Wildman–Crippen MR) is 100 cm³/mol. The molecule has 0 aliphatic rings. The van der Waals surface area contributed by atoms with Crippen molar-refractivity contribution in [1.82, 2.24) is 4.98 Å². The number of benzene rings is 2. The van der Waals surface area contributed by atoms with Crippen LogP contribution in [0.5, 0.6) is 0 Å². The quantitative estimate of drug-likeness (QED) is 0.403. The normalized spacial score (nSPS) is 11.1. The van der Waals surface area contributed by atoms with Crippen LogP contribution in [-0.4, -0.2) is 15.8 Å². The van der Waals surface area contributed by atoms with Gasteiger partial charge in [-0.1, -0.05) is 41.1 Å². The molecule has 0 radical (unpaired) electrons. The second-order valence-electron chi connectivity index (χ2n) is 5.24. The fourth-order valence-corrected chi connectivity index (χ4v) is 3.44. The number of rotatable bonds is 4. The topological polar surface area (TPSA) is 85.1 Å². The second kappa shape index (κ2) is 7.00. The maximum absolute atomic E-state index is 12.1. The van der Waals surface area contributed by atoms with Gasteiger partial charge in [0.15, 0.2) is 5.13 Å². The summed E-state index contributed by atoms with van der Waals surface area (Å²) in [5.74, 6) is -0.376. The molecule has 8 heteroatoms. The van der Waals surface area contributed by atoms with Crippen LogP contribution in [0.4, 0.5) is 10.8 Å². The van der Waals surface area contributed by atoms with Crippen LogP contribution in [0, 0.1) is 17.0 Å². The third kappa shape index (κ3) is 3.84. The van der Waals surface area contributed by atoms with E-state index in [9.17, 15) is 14.9 Å². The van der Waals surface area contributed by atoms with Crippen LogP contribution >= 0.6 is 22.9 Å². The van der Waals surface area contributed by atoms with Gasteiger partial charge in [0.1, 0.15) is 0 Å². The van der Waals surface area contributed by atoms with Gasteiger partial charge in [0.05, 0.1) is 20.2 Å². The number of hydrogen-bond acceptors (Lipinski definition) is 5. The number of nitro groups is 1. The lowest BCUT2D eigenvalue weighted by atomic mass is 10.2. The highest BCUT2D eigenvalue weighted by molar-refractivity contribution is 7.23. The lowest BCUT2D eigenvalue weighted by Gasteiger charge is -1.96. The molecule has 0 aliphatic heterocycles. The lowest BCUT2D eigenvalue weighted by molar-refractivity contribution is -0.384. The summed E-state index contributed by atoms with van der Waals surface area (Å²) in [4.78, 5) is 26.7. The molecule has 0 unspecified atom stereocenters. The zero-order valence-corrected chi connectivity index (χ0v) is 14.6. The molecule has 1 aromatic heterocycles. The van der Waals surface area contributed by atoms with Gasteiger partial charge in [-0.2, -0.15) is 0 Å². The first-order valence-electron chi connectivity index (χ1n) is 7.23. The summed E-state index contributed by atoms with van der Waals surface area (Å²) in [6.45, 7) is 1.92. The molecule has 6 nitrogen and oxygen atoms in total. The first kappa shape index (κ1) is 17.1. The Balaban J connectivity index is 1.76. The van der Waals surface area contributed by atoms with E-state index < -0.39 is 4.92 Å². The van der Waals surface area contributed by atoms with Gasteiger partial charge < -0.3 is 0 Å². The number of aryl methyl sites for hydroxylation is 1. The average molecular weight is 374 g/mol. The molecule has 0 spiro atoms. The molecule has 1 N–H and O–H groups in total. The number of amides is 1. The number of thiazole rings is 1. The van der Waals surface area contributed by atoms with Crippen molar-refractivity contribution in [2.24, 2.45) is 0 Å². The lowest BCUT2D eigenvalue weighted by Crippen LogP contribution is -2.07. The van der Waals surface area contributed by atoms with Crippen molar-refractivity contribution >= 4 is 56.0 Å². The van der Waals surface area contributed by atoms with Crippen molar-refractivity contribution in [3.63, 3.8) is 0 Å². The van der Waals surface area contributed by atoms with E-state index in [0.29, 0.717) is 15.7 Å². The van der Waals surface area contributed by atoms with Crippen LogP contribution in [0.15, 0.2) is 42.5 Å². The van der Waals surface area contributed by atoms with Crippen molar-refractivity contribution < 1.29 is 9.72 Å². The van der Waals surface area contributed by atoms with Crippen molar-refractivity contribution in [2.45, 2.75) is 6.92 Å². The van der Waals surface area contributed by atoms with E-state index >= 15 is 0 Å². The Morgan fingerprint density at radius 3 is 2.88 bits per heavy atom. The van der Waals surface area contributed by atoms with E-state index in [1.807, 2.05) is 13.0 Å². The zero-order valence-electron chi connectivity index (χ0n) is 13.0. The summed E-state index contributed by atoms with van der Waals surface area (Å²) in [6, 6.07) is 9.70. The molecule has 2 aromatic carbocycles. The van der Waals surface area contributed by atoms with Crippen LogP contribution in [0.3, 0.4) is 0 Å². The molecular weight excluding hydrogens is 362 g/mol. The van der Waals surface area contributed by atoms with Crippen LogP contribution < -0.4 is 5.32 Å². The van der Waals surface area contributed by atoms with Gasteiger partial charge in [-0.15, -0.1) is 0 Å². The number of fused-ring (bicyclic) bond motifs is 1. The van der Waals surface area contributed by atoms with Crippen molar-refractivity contribution in [1.29, 1.82) is 0 Å². The van der Waals surface area contributed by atoms with Gasteiger partial charge >= 0.3 is 0 Å². The van der Waals surface area contributed by atoms with Gasteiger partial charge in [-0.3, -0.25) is 20.2 Å². The molecule has 126 valence electrons. The molecular formula is C17H12ClN3O3S. The number of nitro benzene ring substituents is 1. The summed E-state index contributed by atoms with van der Waals surface area (Å²) in [7, 11) is 0. The van der Waals surface area contributed by atoms with Gasteiger partial charge in [0, 0.05) is 18.2 Å². The maximum Gasteiger partial charge on any atom is 0.270 e. The molecule has 0 atom stereocenters. The standard InChI is InChI=1S/C17H12ClN3O3S/c1-10-5-7-13(18)16-15(10)20-17(25-16)19-14(22)8-6-11-3-2-4-12(9-11)21(23)24/h2-9H,1H3,(H,19,20,22)/b8-6+. The molecule has 25 heavy (non-hydrogen) atoms. The van der Waals surface area contributed by atoms with Crippen molar-refractivity contribution in [3.05, 3.63) is 68.7 Å². The molecule has 1 heterocycles. The van der Waals surface area contributed by atoms with E-state index in [-0.39, 0.29) is 11.6 Å². The highest BCUT2D eigenvalue weighted by atomic mass is 35.5. The molecule has 0 bridgehead atoms. The van der Waals surface area contributed by atoms with Gasteiger partial charge in [-0.05, 0) is 30.2 Å². The second-order valence-corrected chi connectivity index (χ2v) is 6.64. The molecule has 3 aromatic rings. The van der Waals surface area contributed by atoms with Gasteiger partial charge in [-0.25, -0.2) is 4.98 Å². The third-order valence-electron chi connectivity index (χ3n) is 3.44.